The molecular weight excluding hydrogens is 980 g/mol. The minimum absolute atomic E-state index is 0.00769. The van der Waals surface area contributed by atoms with E-state index in [2.05, 4.69) is 35.2 Å². The van der Waals surface area contributed by atoms with E-state index in [1.807, 2.05) is 48.5 Å². The van der Waals surface area contributed by atoms with Gasteiger partial charge in [-0.15, -0.1) is 0 Å². The number of halogens is 9. The van der Waals surface area contributed by atoms with Gasteiger partial charge in [0.2, 0.25) is 0 Å². The molecule has 8 N–H and O–H groups in total. The van der Waals surface area contributed by atoms with E-state index < -0.39 is 42.5 Å². The summed E-state index contributed by atoms with van der Waals surface area (Å²) in [5.74, 6) is -1.85. The van der Waals surface area contributed by atoms with Gasteiger partial charge in [0, 0.05) is 95.4 Å². The maximum absolute atomic E-state index is 13.4. The van der Waals surface area contributed by atoms with E-state index in [0.29, 0.717) is 34.3 Å². The summed E-state index contributed by atoms with van der Waals surface area (Å²) in [6.45, 7) is 2.33. The molecule has 8 rings (SSSR count). The van der Waals surface area contributed by atoms with Gasteiger partial charge in [0.1, 0.15) is 11.6 Å². The number of aromatic nitrogens is 6. The molecule has 22 heteroatoms. The first kappa shape index (κ1) is 52.8. The number of alkyl halides is 7. The third kappa shape index (κ3) is 15.0. The molecule has 0 bridgehead atoms. The molecule has 370 valence electrons. The Morgan fingerprint density at radius 3 is 1.55 bits per heavy atom. The summed E-state index contributed by atoms with van der Waals surface area (Å²) in [5, 5.41) is 14.5. The van der Waals surface area contributed by atoms with Crippen molar-refractivity contribution in [3.63, 3.8) is 0 Å². The summed E-state index contributed by atoms with van der Waals surface area (Å²) in [5.41, 5.74) is 19.9. The molecule has 6 aromatic heterocycles. The maximum atomic E-state index is 13.4. The van der Waals surface area contributed by atoms with Crippen LogP contribution in [0.15, 0.2) is 110 Å². The number of rotatable bonds is 9. The second kappa shape index (κ2) is 23.8. The second-order valence-electron chi connectivity index (χ2n) is 15.3. The zero-order valence-electron chi connectivity index (χ0n) is 38.5. The molecule has 0 aliphatic carbocycles. The van der Waals surface area contributed by atoms with Gasteiger partial charge < -0.3 is 27.6 Å². The van der Waals surface area contributed by atoms with Gasteiger partial charge in [0.25, 0.3) is 5.91 Å². The van der Waals surface area contributed by atoms with Crippen LogP contribution in [0.4, 0.5) is 42.4 Å². The predicted molar refractivity (Wildman–Crippen MR) is 257 cm³/mol. The van der Waals surface area contributed by atoms with Crippen LogP contribution in [0.25, 0.3) is 21.8 Å². The van der Waals surface area contributed by atoms with E-state index in [1.165, 1.54) is 38.4 Å². The molecule has 1 amide bonds. The van der Waals surface area contributed by atoms with Gasteiger partial charge in [-0.05, 0) is 103 Å². The Morgan fingerprint density at radius 2 is 1.10 bits per heavy atom. The van der Waals surface area contributed by atoms with Crippen molar-refractivity contribution in [1.82, 2.24) is 35.2 Å². The fourth-order valence-corrected chi connectivity index (χ4v) is 7.41. The van der Waals surface area contributed by atoms with Crippen molar-refractivity contribution >= 4 is 68.5 Å². The maximum Gasteiger partial charge on any atom is 0.416 e. The van der Waals surface area contributed by atoms with Gasteiger partial charge in [-0.2, -0.15) is 26.3 Å². The Hall–Kier alpha value is -7.55. The minimum Gasteiger partial charge on any atom is -0.478 e. The number of hydrogen-bond donors (Lipinski definition) is 5. The first-order valence-electron chi connectivity index (χ1n) is 21.4. The van der Waals surface area contributed by atoms with Gasteiger partial charge in [0.05, 0.1) is 46.3 Å². The first-order valence-corrected chi connectivity index (χ1v) is 21.5. The van der Waals surface area contributed by atoms with E-state index in [1.54, 1.807) is 24.5 Å². The molecule has 0 radical (unpaired) electrons. The number of carbonyl (C=O) groups is 2. The summed E-state index contributed by atoms with van der Waals surface area (Å²) in [7, 11) is -1.00. The lowest BCUT2D eigenvalue weighted by Crippen LogP contribution is -2.26. The number of pyridine rings is 6. The first-order chi connectivity index (χ1) is 34.0. The van der Waals surface area contributed by atoms with E-state index in [0.717, 1.165) is 45.1 Å². The van der Waals surface area contributed by atoms with Crippen LogP contribution in [0.3, 0.4) is 0 Å². The number of nitrogens with one attached hydrogen (secondary N) is 1. The van der Waals surface area contributed by atoms with Gasteiger partial charge in [-0.3, -0.25) is 29.1 Å². The van der Waals surface area contributed by atoms with E-state index in [9.17, 15) is 40.3 Å². The molecule has 71 heavy (non-hydrogen) atoms. The molecule has 0 aliphatic heterocycles. The van der Waals surface area contributed by atoms with Crippen LogP contribution in [0.1, 0.15) is 78.2 Å². The molecule has 0 saturated heterocycles. The van der Waals surface area contributed by atoms with Crippen molar-refractivity contribution < 1.29 is 46.8 Å². The number of carboxylic acid groups (broad SMARTS) is 1. The summed E-state index contributed by atoms with van der Waals surface area (Å²) in [6.07, 6.45) is -1.86. The van der Waals surface area contributed by atoms with Gasteiger partial charge in [-0.1, -0.05) is 35.3 Å². The number of anilines is 2. The van der Waals surface area contributed by atoms with Crippen molar-refractivity contribution in [3.05, 3.63) is 187 Å². The molecule has 0 aliphatic rings. The van der Waals surface area contributed by atoms with E-state index >= 15 is 0 Å². The molecular formula is C49H43Cl2F7N10O3. The fraction of sp³-hybridized carbons (Fsp3) is 0.184. The third-order valence-electron chi connectivity index (χ3n) is 10.3. The number of nitrogens with zero attached hydrogens (tertiary/aromatic N) is 6. The number of fused-ring (bicyclic) bond motifs is 2. The summed E-state index contributed by atoms with van der Waals surface area (Å²) in [4.78, 5) is 48.3. The van der Waals surface area contributed by atoms with Gasteiger partial charge in [0.15, 0.2) is 0 Å². The fourth-order valence-electron chi connectivity index (χ4n) is 7.07. The molecule has 0 atom stereocenters. The average molecular weight is 1020 g/mol. The zero-order chi connectivity index (χ0) is 52.9. The van der Waals surface area contributed by atoms with Crippen LogP contribution in [0.2, 0.25) is 10.0 Å². The normalized spacial score (nSPS) is 11.3. The highest BCUT2D eigenvalue weighted by Crippen LogP contribution is 2.35. The number of benzene rings is 2. The largest absolute Gasteiger partial charge is 0.478 e. The molecule has 8 aromatic rings. The smallest absolute Gasteiger partial charge is 0.416 e. The van der Waals surface area contributed by atoms with Crippen molar-refractivity contribution in [2.45, 2.75) is 52.1 Å². The Kier molecular flexibility index (Phi) is 17.7. The lowest BCUT2D eigenvalue weighted by atomic mass is 10.0. The monoisotopic (exact) mass is 1020 g/mol. The summed E-state index contributed by atoms with van der Waals surface area (Å²) >= 11 is 12.0. The molecule has 2 aromatic carbocycles. The summed E-state index contributed by atoms with van der Waals surface area (Å²) < 4.78 is 93.1. The number of amides is 1. The van der Waals surface area contributed by atoms with Crippen LogP contribution >= 0.6 is 23.2 Å². The van der Waals surface area contributed by atoms with Gasteiger partial charge in [-0.25, -0.2) is 14.8 Å². The Balaban J connectivity index is 0.000000215. The Bertz CT molecular complexity index is 3220. The van der Waals surface area contributed by atoms with Crippen LogP contribution in [0.5, 0.6) is 0 Å². The number of carboxylic acids is 1. The van der Waals surface area contributed by atoms with Crippen LogP contribution in [0, 0.1) is 13.8 Å². The Labute approximate surface area is 412 Å². The zero-order valence-corrected chi connectivity index (χ0v) is 39.0. The highest BCUT2D eigenvalue weighted by Gasteiger charge is 2.35. The standard InChI is InChI=1S/C24H19ClF3N5O.C16H11ClN2O2.C8H10F3N3.CH3F/c1-13-19(20(24(26,27)28)10-22(29)33-13)12-32-23(34)15-4-5-30-18(9-15)7-14-2-3-21-16(6-14)8-17(25)11-31-21;17-13-7-12-5-10(1-2-15(12)19-9-13)6-14-8-11(16(20)21)3-4-18-14;1-4-5(3-12)6(8(9,10)11)2-7(13)14-4;1-2/h2-6,8-11H,7,12H2,1H3,(H2,29,33)(H,32,34);1-5,7-9H,6H2,(H,20,21);2H,3,12H2,1H3,(H2,13,14);1H3/i;;;1D. The molecule has 6 heterocycles. The predicted octanol–water partition coefficient (Wildman–Crippen LogP) is 10.7. The SMILES string of the molecule is Cc1nc(N)cc(C(F)(F)F)c1CN.Cc1nc(N)cc(C(F)(F)F)c1CNC(=O)c1ccnc(Cc2ccc3ncc(Cl)cc3c2)c1.O=C(O)c1ccnc(Cc2ccc3ncc(Cl)cc3c2)c1.[2H]CF. The van der Waals surface area contributed by atoms with Crippen molar-refractivity contribution in [3.8, 4) is 0 Å². The second-order valence-corrected chi connectivity index (χ2v) is 16.2. The van der Waals surface area contributed by atoms with Crippen LogP contribution in [-0.2, 0) is 38.3 Å². The van der Waals surface area contributed by atoms with Crippen molar-refractivity contribution in [2.24, 2.45) is 5.73 Å². The van der Waals surface area contributed by atoms with E-state index in [-0.39, 0.29) is 58.4 Å². The van der Waals surface area contributed by atoms with Crippen molar-refractivity contribution in [1.29, 1.82) is 0 Å². The molecule has 0 fully saturated rings. The number of aryl methyl sites for hydroxylation is 2. The van der Waals surface area contributed by atoms with Crippen LogP contribution in [-0.4, -0.2) is 54.0 Å². The van der Waals surface area contributed by atoms with Gasteiger partial charge >= 0.3 is 18.3 Å². The van der Waals surface area contributed by atoms with Crippen LogP contribution < -0.4 is 22.5 Å². The number of hydrogen-bond acceptors (Lipinski definition) is 11. The van der Waals surface area contributed by atoms with Crippen molar-refractivity contribution in [2.75, 3.05) is 18.6 Å². The number of nitrogens with two attached hydrogens (primary N) is 3. The molecule has 0 unspecified atom stereocenters. The lowest BCUT2D eigenvalue weighted by molar-refractivity contribution is -0.139. The number of aromatic carboxylic acids is 1. The number of nitrogen functional groups attached to an aromatic ring is 2. The molecule has 0 saturated carbocycles. The number of carbonyl (C=O) groups excluding carboxylic acids is 1. The Morgan fingerprint density at radius 1 is 0.662 bits per heavy atom. The minimum atomic E-state index is -4.62. The summed E-state index contributed by atoms with van der Waals surface area (Å²) in [6, 6.07) is 23.0. The topological polar surface area (TPSA) is 222 Å². The quantitative estimate of drug-likeness (QED) is 0.0852. The molecule has 13 nitrogen and oxygen atoms in total. The van der Waals surface area contributed by atoms with E-state index in [4.69, 9.17) is 46.9 Å². The highest BCUT2D eigenvalue weighted by molar-refractivity contribution is 6.31. The lowest BCUT2D eigenvalue weighted by Gasteiger charge is -2.16. The molecule has 0 spiro atoms. The average Bonchev–Trinajstić information content (AvgIpc) is 3.31. The third-order valence-corrected chi connectivity index (χ3v) is 10.7. The highest BCUT2D eigenvalue weighted by atomic mass is 35.5.